The van der Waals surface area contributed by atoms with Crippen LogP contribution in [0.1, 0.15) is 17.2 Å². The average Bonchev–Trinajstić information content (AvgIpc) is 3.30. The first-order valence-corrected chi connectivity index (χ1v) is 11.6. The van der Waals surface area contributed by atoms with Gasteiger partial charge in [0.15, 0.2) is 0 Å². The van der Waals surface area contributed by atoms with Gasteiger partial charge in [0, 0.05) is 0 Å². The molecule has 1 heterocycles. The average molecular weight is 428 g/mol. The molecule has 26 heavy (non-hydrogen) atoms. The Hall–Kier alpha value is -1.80. The van der Waals surface area contributed by atoms with E-state index in [0.29, 0.717) is 0 Å². The van der Waals surface area contributed by atoms with Crippen LogP contribution in [0.5, 0.6) is 0 Å². The Morgan fingerprint density at radius 2 is 1.69 bits per heavy atom. The van der Waals surface area contributed by atoms with Gasteiger partial charge in [-0.1, -0.05) is 0 Å². The van der Waals surface area contributed by atoms with Crippen LogP contribution in [0.15, 0.2) is 89.4 Å². The third-order valence-electron chi connectivity index (χ3n) is 4.24. The third kappa shape index (κ3) is 3.27. The van der Waals surface area contributed by atoms with Crippen LogP contribution >= 0.6 is 7.60 Å². The molecule has 2 atom stereocenters. The van der Waals surface area contributed by atoms with E-state index in [4.69, 9.17) is 9.05 Å². The van der Waals surface area contributed by atoms with E-state index in [-0.39, 0.29) is 21.1 Å². The summed E-state index contributed by atoms with van der Waals surface area (Å²) in [7, 11) is -1.92. The Kier molecular flexibility index (Phi) is 5.04. The van der Waals surface area contributed by atoms with Crippen LogP contribution in [-0.4, -0.2) is 22.1 Å². The molecular formula is C21H18O3PSe-. The zero-order chi connectivity index (χ0) is 18.0. The van der Waals surface area contributed by atoms with E-state index in [1.165, 1.54) is 11.6 Å². The molecule has 0 N–H and O–H groups in total. The Bertz CT molecular complexity index is 949. The Morgan fingerprint density at radius 1 is 1.00 bits per heavy atom. The van der Waals surface area contributed by atoms with Crippen LogP contribution in [-0.2, 0) is 13.6 Å². The Morgan fingerprint density at radius 3 is 2.31 bits per heavy atom. The first kappa shape index (κ1) is 17.6. The molecule has 0 saturated carbocycles. The standard InChI is InChI=1S/C21H18O3PSe/c1-23-25(22)20(17-12-4-2-5-13-17)21(26-18-14-6-3-7-15-18)19(24-25)16-10-8-9-11-16/h2-15,19H,1H3/q-1. The second-order valence-electron chi connectivity index (χ2n) is 5.88. The minimum atomic E-state index is -3.38. The Labute approximate surface area is 159 Å². The summed E-state index contributed by atoms with van der Waals surface area (Å²) in [5.41, 5.74) is 1.92. The van der Waals surface area contributed by atoms with E-state index in [1.54, 1.807) is 0 Å². The van der Waals surface area contributed by atoms with Crippen molar-refractivity contribution in [3.8, 4) is 0 Å². The van der Waals surface area contributed by atoms with Crippen molar-refractivity contribution in [1.82, 2.24) is 0 Å². The minimum absolute atomic E-state index is 0.0287. The molecule has 3 nitrogen and oxygen atoms in total. The van der Waals surface area contributed by atoms with Crippen LogP contribution in [0.3, 0.4) is 0 Å². The number of rotatable bonds is 5. The molecule has 0 bridgehead atoms. The van der Waals surface area contributed by atoms with Crippen LogP contribution in [0.25, 0.3) is 5.31 Å². The van der Waals surface area contributed by atoms with Gasteiger partial charge in [0.1, 0.15) is 0 Å². The second-order valence-corrected chi connectivity index (χ2v) is 10.2. The monoisotopic (exact) mass is 429 g/mol. The normalized spacial score (nSPS) is 22.7. The van der Waals surface area contributed by atoms with Crippen molar-refractivity contribution in [2.45, 2.75) is 6.10 Å². The van der Waals surface area contributed by atoms with Crippen LogP contribution < -0.4 is 4.46 Å². The van der Waals surface area contributed by atoms with Gasteiger partial charge in [-0.3, -0.25) is 0 Å². The van der Waals surface area contributed by atoms with Gasteiger partial charge >= 0.3 is 160 Å². The van der Waals surface area contributed by atoms with Gasteiger partial charge in [0.05, 0.1) is 0 Å². The van der Waals surface area contributed by atoms with Gasteiger partial charge in [-0.15, -0.1) is 0 Å². The summed E-state index contributed by atoms with van der Waals surface area (Å²) in [6, 6.07) is 28.1. The van der Waals surface area contributed by atoms with Crippen molar-refractivity contribution in [2.24, 2.45) is 0 Å². The summed E-state index contributed by atoms with van der Waals surface area (Å²) >= 11 is -0.0287. The zero-order valence-electron chi connectivity index (χ0n) is 14.2. The number of hydrogen-bond donors (Lipinski definition) is 0. The topological polar surface area (TPSA) is 35.5 Å². The predicted molar refractivity (Wildman–Crippen MR) is 106 cm³/mol. The molecule has 3 aromatic carbocycles. The molecule has 0 spiro atoms. The second kappa shape index (κ2) is 7.44. The van der Waals surface area contributed by atoms with Gasteiger partial charge in [-0.25, -0.2) is 0 Å². The van der Waals surface area contributed by atoms with E-state index < -0.39 is 7.60 Å². The fraction of sp³-hybridized carbons (Fsp3) is 0.0952. The molecule has 2 unspecified atom stereocenters. The summed E-state index contributed by atoms with van der Waals surface area (Å²) in [5.74, 6) is 0. The predicted octanol–water partition coefficient (Wildman–Crippen LogP) is 4.71. The van der Waals surface area contributed by atoms with Crippen molar-refractivity contribution in [3.63, 3.8) is 0 Å². The van der Waals surface area contributed by atoms with Crippen molar-refractivity contribution >= 4 is 32.3 Å². The summed E-state index contributed by atoms with van der Waals surface area (Å²) in [5, 5.41) is 0.718. The third-order valence-corrected chi connectivity index (χ3v) is 9.00. The molecule has 132 valence electrons. The first-order valence-electron chi connectivity index (χ1n) is 8.30. The number of hydrogen-bond acceptors (Lipinski definition) is 3. The van der Waals surface area contributed by atoms with E-state index in [2.05, 4.69) is 12.1 Å². The summed E-state index contributed by atoms with van der Waals surface area (Å²) in [4.78, 5) is 0. The molecule has 1 aliphatic heterocycles. The van der Waals surface area contributed by atoms with Gasteiger partial charge in [-0.2, -0.15) is 0 Å². The van der Waals surface area contributed by atoms with E-state index in [9.17, 15) is 4.57 Å². The first-order chi connectivity index (χ1) is 12.7. The van der Waals surface area contributed by atoms with Crippen molar-refractivity contribution in [2.75, 3.05) is 7.11 Å². The van der Waals surface area contributed by atoms with Gasteiger partial charge in [0.25, 0.3) is 0 Å². The van der Waals surface area contributed by atoms with Gasteiger partial charge in [0.2, 0.25) is 0 Å². The molecule has 3 aromatic rings. The molecule has 0 aromatic heterocycles. The molecular weight excluding hydrogens is 410 g/mol. The molecule has 1 aliphatic rings. The fourth-order valence-electron chi connectivity index (χ4n) is 3.02. The van der Waals surface area contributed by atoms with E-state index in [0.717, 1.165) is 20.9 Å². The SMILES string of the molecule is COP1(=O)OC(c2ccc[cH-]2)C([Se]c2ccccc2)=C1c1ccccc1. The molecule has 5 heteroatoms. The molecule has 0 aliphatic carbocycles. The maximum absolute atomic E-state index is 13.5. The zero-order valence-corrected chi connectivity index (χ0v) is 16.8. The quantitative estimate of drug-likeness (QED) is 0.335. The van der Waals surface area contributed by atoms with Crippen LogP contribution in [0.2, 0.25) is 0 Å². The maximum atomic E-state index is 13.5. The molecule has 4 rings (SSSR count). The Balaban J connectivity index is 1.90. The molecule has 0 amide bonds. The molecule has 0 saturated heterocycles. The fourth-order valence-corrected chi connectivity index (χ4v) is 8.06. The van der Waals surface area contributed by atoms with Gasteiger partial charge in [-0.05, 0) is 0 Å². The molecule has 0 radical (unpaired) electrons. The summed E-state index contributed by atoms with van der Waals surface area (Å²) in [6.07, 6.45) is -0.341. The van der Waals surface area contributed by atoms with Gasteiger partial charge < -0.3 is 0 Å². The molecule has 0 fully saturated rings. The van der Waals surface area contributed by atoms with Crippen molar-refractivity contribution in [3.05, 3.63) is 101 Å². The van der Waals surface area contributed by atoms with Crippen molar-refractivity contribution in [1.29, 1.82) is 0 Å². The van der Waals surface area contributed by atoms with E-state index in [1.807, 2.05) is 72.8 Å². The van der Waals surface area contributed by atoms with E-state index >= 15 is 0 Å². The summed E-state index contributed by atoms with van der Waals surface area (Å²) < 4.78 is 27.3. The van der Waals surface area contributed by atoms with Crippen molar-refractivity contribution < 1.29 is 13.6 Å². The summed E-state index contributed by atoms with van der Waals surface area (Å²) in [6.45, 7) is 0. The van der Waals surface area contributed by atoms with Crippen LogP contribution in [0, 0.1) is 0 Å². The number of benzene rings is 2. The van der Waals surface area contributed by atoms with Crippen LogP contribution in [0.4, 0.5) is 0 Å².